The van der Waals surface area contributed by atoms with E-state index in [4.69, 9.17) is 5.73 Å². The highest BCUT2D eigenvalue weighted by Crippen LogP contribution is 2.36. The Hall–Kier alpha value is -3.95. The zero-order valence-electron chi connectivity index (χ0n) is 29.8. The molecule has 3 aromatic rings. The third-order valence-electron chi connectivity index (χ3n) is 10.5. The normalized spacial score (nSPS) is 19.9. The molecule has 3 aromatic carbocycles. The molecular weight excluding hydrogens is 650 g/mol. The SMILES string of the molecule is CCNC(=O)[C@]1(Cc2ccccc2)CCCN(C(=O)C(Cc2ccc3ccccc3c2)NC(=O)C2(C)CCN(C(=O)CCC(C)N)CC2)C1.Cl. The van der Waals surface area contributed by atoms with Crippen molar-refractivity contribution in [1.29, 1.82) is 0 Å². The standard InChI is InChI=1S/C40H53N5O4.ClH/c1-4-42-38(49)40(27-30-11-6-5-7-12-30)19-10-22-45(28-40)36(47)34(26-31-16-17-32-13-8-9-14-33(32)25-31)43-37(48)39(3)20-23-44(24-21-39)35(46)18-15-29(2)41;/h5-9,11-14,16-17,25,29,34H,4,10,15,18-24,26-28,41H2,1-3H3,(H,42,49)(H,43,48);1H/t29?,34?,40-;/m0./s1. The molecule has 5 rings (SSSR count). The van der Waals surface area contributed by atoms with E-state index in [1.807, 2.05) is 86.3 Å². The van der Waals surface area contributed by atoms with Crippen molar-refractivity contribution in [1.82, 2.24) is 20.4 Å². The van der Waals surface area contributed by atoms with Crippen molar-refractivity contribution in [2.24, 2.45) is 16.6 Å². The lowest BCUT2D eigenvalue weighted by atomic mass is 9.74. The third kappa shape index (κ3) is 9.43. The van der Waals surface area contributed by atoms with E-state index in [1.165, 1.54) is 0 Å². The van der Waals surface area contributed by atoms with Crippen LogP contribution in [0.15, 0.2) is 72.8 Å². The molecule has 4 amide bonds. The number of nitrogens with two attached hydrogens (primary N) is 1. The summed E-state index contributed by atoms with van der Waals surface area (Å²) in [6, 6.07) is 23.4. The maximum atomic E-state index is 14.6. The van der Waals surface area contributed by atoms with Gasteiger partial charge < -0.3 is 26.2 Å². The summed E-state index contributed by atoms with van der Waals surface area (Å²) < 4.78 is 0. The molecule has 0 aliphatic carbocycles. The number of likely N-dealkylation sites (tertiary alicyclic amines) is 2. The minimum Gasteiger partial charge on any atom is -0.356 e. The fourth-order valence-corrected chi connectivity index (χ4v) is 7.40. The Balaban J connectivity index is 0.00000562. The number of carbonyl (C=O) groups excluding carboxylic acids is 4. The molecule has 270 valence electrons. The minimum atomic E-state index is -0.807. The van der Waals surface area contributed by atoms with Gasteiger partial charge in [0, 0.05) is 57.0 Å². The number of piperidine rings is 2. The quantitative estimate of drug-likeness (QED) is 0.244. The molecule has 2 heterocycles. The Morgan fingerprint density at radius 1 is 0.840 bits per heavy atom. The highest BCUT2D eigenvalue weighted by Gasteiger charge is 2.45. The van der Waals surface area contributed by atoms with E-state index in [0.717, 1.165) is 21.9 Å². The van der Waals surface area contributed by atoms with Crippen LogP contribution in [0.25, 0.3) is 10.8 Å². The first-order valence-corrected chi connectivity index (χ1v) is 17.9. The summed E-state index contributed by atoms with van der Waals surface area (Å²) in [4.78, 5) is 58.8. The van der Waals surface area contributed by atoms with Gasteiger partial charge in [0.25, 0.3) is 0 Å². The van der Waals surface area contributed by atoms with E-state index in [9.17, 15) is 19.2 Å². The monoisotopic (exact) mass is 703 g/mol. The first kappa shape index (κ1) is 38.8. The van der Waals surface area contributed by atoms with Crippen molar-refractivity contribution >= 4 is 46.8 Å². The molecule has 10 heteroatoms. The van der Waals surface area contributed by atoms with E-state index in [0.29, 0.717) is 77.5 Å². The van der Waals surface area contributed by atoms with Crippen LogP contribution in [0, 0.1) is 10.8 Å². The number of halogens is 1. The predicted molar refractivity (Wildman–Crippen MR) is 201 cm³/mol. The molecule has 4 N–H and O–H groups in total. The molecule has 0 bridgehead atoms. The van der Waals surface area contributed by atoms with Gasteiger partial charge in [-0.15, -0.1) is 12.4 Å². The van der Waals surface area contributed by atoms with Gasteiger partial charge in [0.15, 0.2) is 0 Å². The second-order valence-corrected chi connectivity index (χ2v) is 14.5. The first-order valence-electron chi connectivity index (χ1n) is 17.9. The minimum absolute atomic E-state index is 0. The van der Waals surface area contributed by atoms with E-state index >= 15 is 0 Å². The van der Waals surface area contributed by atoms with Crippen LogP contribution in [0.1, 0.15) is 70.4 Å². The molecule has 0 radical (unpaired) electrons. The van der Waals surface area contributed by atoms with Crippen LogP contribution in [0.3, 0.4) is 0 Å². The van der Waals surface area contributed by atoms with Gasteiger partial charge in [0.2, 0.25) is 23.6 Å². The molecular formula is C40H54ClN5O4. The maximum Gasteiger partial charge on any atom is 0.245 e. The molecule has 50 heavy (non-hydrogen) atoms. The molecule has 3 atom stereocenters. The van der Waals surface area contributed by atoms with E-state index < -0.39 is 16.9 Å². The number of rotatable bonds is 12. The summed E-state index contributed by atoms with van der Waals surface area (Å²) in [5.41, 5.74) is 6.38. The lowest BCUT2D eigenvalue weighted by molar-refractivity contribution is -0.146. The number of nitrogens with zero attached hydrogens (tertiary/aromatic N) is 2. The smallest absolute Gasteiger partial charge is 0.245 e. The molecule has 2 aliphatic rings. The van der Waals surface area contributed by atoms with E-state index in [2.05, 4.69) is 22.8 Å². The highest BCUT2D eigenvalue weighted by molar-refractivity contribution is 5.92. The Morgan fingerprint density at radius 3 is 2.20 bits per heavy atom. The number of nitrogens with one attached hydrogen (secondary N) is 2. The zero-order valence-corrected chi connectivity index (χ0v) is 30.6. The van der Waals surface area contributed by atoms with Crippen molar-refractivity contribution in [2.45, 2.75) is 84.2 Å². The summed E-state index contributed by atoms with van der Waals surface area (Å²) in [6.45, 7) is 8.05. The van der Waals surface area contributed by atoms with Crippen LogP contribution in [0.4, 0.5) is 0 Å². The van der Waals surface area contributed by atoms with E-state index in [1.54, 1.807) is 4.90 Å². The van der Waals surface area contributed by atoms with Crippen molar-refractivity contribution in [2.75, 3.05) is 32.7 Å². The van der Waals surface area contributed by atoms with E-state index in [-0.39, 0.29) is 48.6 Å². The number of hydrogen-bond donors (Lipinski definition) is 3. The third-order valence-corrected chi connectivity index (χ3v) is 10.5. The second-order valence-electron chi connectivity index (χ2n) is 14.5. The average Bonchev–Trinajstić information content (AvgIpc) is 3.10. The molecule has 2 fully saturated rings. The van der Waals surface area contributed by atoms with Gasteiger partial charge in [-0.1, -0.05) is 79.7 Å². The van der Waals surface area contributed by atoms with Crippen LogP contribution in [-0.4, -0.2) is 78.2 Å². The molecule has 0 spiro atoms. The molecule has 2 saturated heterocycles. The summed E-state index contributed by atoms with van der Waals surface area (Å²) in [5, 5.41) is 8.41. The van der Waals surface area contributed by atoms with Gasteiger partial charge in [0.05, 0.1) is 5.41 Å². The summed E-state index contributed by atoms with van der Waals surface area (Å²) in [6.07, 6.45) is 4.30. The van der Waals surface area contributed by atoms with Crippen molar-refractivity contribution in [3.8, 4) is 0 Å². The van der Waals surface area contributed by atoms with Crippen molar-refractivity contribution < 1.29 is 19.2 Å². The number of hydrogen-bond acceptors (Lipinski definition) is 5. The van der Waals surface area contributed by atoms with Crippen LogP contribution in [0.2, 0.25) is 0 Å². The van der Waals surface area contributed by atoms with Crippen molar-refractivity contribution in [3.63, 3.8) is 0 Å². The average molecular weight is 704 g/mol. The molecule has 0 saturated carbocycles. The van der Waals surface area contributed by atoms with Crippen molar-refractivity contribution in [3.05, 3.63) is 83.9 Å². The second kappa shape index (κ2) is 17.3. The summed E-state index contributed by atoms with van der Waals surface area (Å²) in [5.74, 6) is -0.317. The lowest BCUT2D eigenvalue weighted by Crippen LogP contribution is -2.59. The maximum absolute atomic E-state index is 14.6. The molecule has 9 nitrogen and oxygen atoms in total. The molecule has 2 unspecified atom stereocenters. The lowest BCUT2D eigenvalue weighted by Gasteiger charge is -2.43. The first-order chi connectivity index (χ1) is 23.5. The number of amides is 4. The molecule has 0 aromatic heterocycles. The largest absolute Gasteiger partial charge is 0.356 e. The van der Waals surface area contributed by atoms with Gasteiger partial charge in [-0.2, -0.15) is 0 Å². The topological polar surface area (TPSA) is 125 Å². The van der Waals surface area contributed by atoms with Crippen LogP contribution in [-0.2, 0) is 32.0 Å². The zero-order chi connectivity index (χ0) is 35.0. The Morgan fingerprint density at radius 2 is 1.52 bits per heavy atom. The van der Waals surface area contributed by atoms with Gasteiger partial charge in [-0.05, 0) is 74.3 Å². The Bertz CT molecular complexity index is 1620. The van der Waals surface area contributed by atoms with Gasteiger partial charge in [0.1, 0.15) is 6.04 Å². The summed E-state index contributed by atoms with van der Waals surface area (Å²) >= 11 is 0. The fraction of sp³-hybridized carbons (Fsp3) is 0.500. The number of fused-ring (bicyclic) bond motifs is 1. The van der Waals surface area contributed by atoms with Gasteiger partial charge in [-0.3, -0.25) is 19.2 Å². The highest BCUT2D eigenvalue weighted by atomic mass is 35.5. The van der Waals surface area contributed by atoms with Crippen LogP contribution in [0.5, 0.6) is 0 Å². The summed E-state index contributed by atoms with van der Waals surface area (Å²) in [7, 11) is 0. The van der Waals surface area contributed by atoms with Gasteiger partial charge in [-0.25, -0.2) is 0 Å². The predicted octanol–water partition coefficient (Wildman–Crippen LogP) is 5.03. The number of benzene rings is 3. The van der Waals surface area contributed by atoms with Gasteiger partial charge >= 0.3 is 0 Å². The van der Waals surface area contributed by atoms with Crippen LogP contribution >= 0.6 is 12.4 Å². The van der Waals surface area contributed by atoms with Crippen LogP contribution < -0.4 is 16.4 Å². The molecule has 2 aliphatic heterocycles. The Kier molecular flexibility index (Phi) is 13.5. The fourth-order valence-electron chi connectivity index (χ4n) is 7.40. The Labute approximate surface area is 303 Å². The number of carbonyl (C=O) groups is 4.